The molecule has 0 fully saturated rings. The van der Waals surface area contributed by atoms with Crippen molar-refractivity contribution in [1.82, 2.24) is 0 Å². The summed E-state index contributed by atoms with van der Waals surface area (Å²) in [6.45, 7) is 0. The zero-order valence-electron chi connectivity index (χ0n) is 14.4. The highest BCUT2D eigenvalue weighted by atomic mass is 35.5. The van der Waals surface area contributed by atoms with Gasteiger partial charge in [-0.05, 0) is 35.9 Å². The molecule has 1 N–H and O–H groups in total. The van der Waals surface area contributed by atoms with Crippen LogP contribution in [0.3, 0.4) is 0 Å². The fourth-order valence-corrected chi connectivity index (χ4v) is 3.54. The van der Waals surface area contributed by atoms with E-state index in [1.807, 2.05) is 48.5 Å². The Morgan fingerprint density at radius 1 is 1.04 bits per heavy atom. The lowest BCUT2D eigenvalue weighted by Gasteiger charge is -2.08. The lowest BCUT2D eigenvalue weighted by Crippen LogP contribution is -2.15. The van der Waals surface area contributed by atoms with Crippen LogP contribution >= 0.6 is 22.9 Å². The number of nitrogens with one attached hydrogen (secondary N) is 1. The van der Waals surface area contributed by atoms with Gasteiger partial charge in [0.1, 0.15) is 16.5 Å². The minimum absolute atomic E-state index is 0.127. The maximum atomic E-state index is 12.4. The summed E-state index contributed by atoms with van der Waals surface area (Å²) >= 11 is 7.06. The Morgan fingerprint density at radius 3 is 2.52 bits per heavy atom. The fourth-order valence-electron chi connectivity index (χ4n) is 2.42. The molecule has 0 aliphatic heterocycles. The molecule has 0 saturated carbocycles. The van der Waals surface area contributed by atoms with Crippen molar-refractivity contribution in [3.63, 3.8) is 0 Å². The number of amides is 1. The lowest BCUT2D eigenvalue weighted by molar-refractivity contribution is -0.115. The molecule has 0 radical (unpaired) electrons. The van der Waals surface area contributed by atoms with Crippen LogP contribution in [0.5, 0.6) is 11.5 Å². The highest BCUT2D eigenvalue weighted by Gasteiger charge is 2.18. The molecule has 0 aliphatic carbocycles. The van der Waals surface area contributed by atoms with Crippen molar-refractivity contribution in [3.05, 3.63) is 76.1 Å². The van der Waals surface area contributed by atoms with Crippen LogP contribution in [0.1, 0.15) is 15.9 Å². The van der Waals surface area contributed by atoms with Gasteiger partial charge in [0, 0.05) is 0 Å². The summed E-state index contributed by atoms with van der Waals surface area (Å²) in [6.07, 6.45) is 0.127. The van der Waals surface area contributed by atoms with Gasteiger partial charge < -0.3 is 14.8 Å². The van der Waals surface area contributed by atoms with Crippen molar-refractivity contribution in [2.24, 2.45) is 0 Å². The Morgan fingerprint density at radius 2 is 1.78 bits per heavy atom. The van der Waals surface area contributed by atoms with Crippen molar-refractivity contribution < 1.29 is 19.1 Å². The summed E-state index contributed by atoms with van der Waals surface area (Å²) in [5.41, 5.74) is 1.02. The van der Waals surface area contributed by atoms with Crippen molar-refractivity contribution in [2.45, 2.75) is 6.42 Å². The first-order valence-electron chi connectivity index (χ1n) is 8.04. The average Bonchev–Trinajstić information content (AvgIpc) is 3.02. The van der Waals surface area contributed by atoms with E-state index in [1.54, 1.807) is 6.07 Å². The largest absolute Gasteiger partial charge is 0.465 e. The third kappa shape index (κ3) is 5.09. The molecule has 2 aromatic carbocycles. The number of halogens is 1. The van der Waals surface area contributed by atoms with E-state index >= 15 is 0 Å². The van der Waals surface area contributed by atoms with Gasteiger partial charge in [-0.25, -0.2) is 4.79 Å². The van der Waals surface area contributed by atoms with Gasteiger partial charge in [0.2, 0.25) is 5.91 Å². The SMILES string of the molecule is COC(=O)c1cc(Cl)sc1NC(=O)Cc1cccc(Oc2ccccc2)c1. The second kappa shape index (κ2) is 8.70. The average molecular weight is 402 g/mol. The number of para-hydroxylation sites is 1. The molecule has 0 saturated heterocycles. The monoisotopic (exact) mass is 401 g/mol. The molecular formula is C20H16ClNO4S. The van der Waals surface area contributed by atoms with Gasteiger partial charge in [0.15, 0.2) is 0 Å². The van der Waals surface area contributed by atoms with Crippen molar-refractivity contribution in [1.29, 1.82) is 0 Å². The number of rotatable bonds is 6. The van der Waals surface area contributed by atoms with Gasteiger partial charge in [-0.3, -0.25) is 4.79 Å². The van der Waals surface area contributed by atoms with E-state index in [9.17, 15) is 9.59 Å². The van der Waals surface area contributed by atoms with Crippen LogP contribution in [-0.4, -0.2) is 19.0 Å². The molecule has 138 valence electrons. The van der Waals surface area contributed by atoms with Crippen molar-refractivity contribution >= 4 is 39.8 Å². The van der Waals surface area contributed by atoms with Crippen LogP contribution in [0, 0.1) is 0 Å². The Kier molecular flexibility index (Phi) is 6.11. The summed E-state index contributed by atoms with van der Waals surface area (Å²) < 4.78 is 10.9. The van der Waals surface area contributed by atoms with Gasteiger partial charge in [-0.15, -0.1) is 11.3 Å². The minimum atomic E-state index is -0.549. The van der Waals surface area contributed by atoms with Crippen LogP contribution in [0.15, 0.2) is 60.7 Å². The topological polar surface area (TPSA) is 64.6 Å². The first kappa shape index (κ1) is 18.9. The number of carbonyl (C=O) groups is 2. The van der Waals surface area contributed by atoms with Gasteiger partial charge >= 0.3 is 5.97 Å². The second-order valence-electron chi connectivity index (χ2n) is 5.57. The number of thiophene rings is 1. The number of hydrogen-bond acceptors (Lipinski definition) is 5. The predicted octanol–water partition coefficient (Wildman–Crippen LogP) is 5.16. The summed E-state index contributed by atoms with van der Waals surface area (Å²) in [5.74, 6) is 0.540. The van der Waals surface area contributed by atoms with Gasteiger partial charge in [-0.2, -0.15) is 0 Å². The molecule has 5 nitrogen and oxygen atoms in total. The van der Waals surface area contributed by atoms with Crippen LogP contribution in [0.25, 0.3) is 0 Å². The predicted molar refractivity (Wildman–Crippen MR) is 106 cm³/mol. The summed E-state index contributed by atoms with van der Waals surface area (Å²) in [7, 11) is 1.28. The lowest BCUT2D eigenvalue weighted by atomic mass is 10.1. The van der Waals surface area contributed by atoms with Crippen LogP contribution in [0.2, 0.25) is 4.34 Å². The number of ether oxygens (including phenoxy) is 2. The summed E-state index contributed by atoms with van der Waals surface area (Å²) in [5, 5.41) is 3.09. The molecule has 0 aliphatic rings. The van der Waals surface area contributed by atoms with E-state index < -0.39 is 5.97 Å². The van der Waals surface area contributed by atoms with E-state index in [0.717, 1.165) is 22.6 Å². The number of hydrogen-bond donors (Lipinski definition) is 1. The zero-order valence-corrected chi connectivity index (χ0v) is 16.0. The normalized spacial score (nSPS) is 10.3. The second-order valence-corrected chi connectivity index (χ2v) is 7.26. The highest BCUT2D eigenvalue weighted by Crippen LogP contribution is 2.32. The molecule has 7 heteroatoms. The first-order valence-corrected chi connectivity index (χ1v) is 9.24. The third-order valence-electron chi connectivity index (χ3n) is 3.60. The van der Waals surface area contributed by atoms with E-state index in [2.05, 4.69) is 5.32 Å². The summed E-state index contributed by atoms with van der Waals surface area (Å²) in [4.78, 5) is 24.1. The van der Waals surface area contributed by atoms with Gasteiger partial charge in [0.05, 0.1) is 23.4 Å². The highest BCUT2D eigenvalue weighted by molar-refractivity contribution is 7.20. The zero-order chi connectivity index (χ0) is 19.2. The quantitative estimate of drug-likeness (QED) is 0.579. The smallest absolute Gasteiger partial charge is 0.340 e. The van der Waals surface area contributed by atoms with Crippen LogP contribution in [-0.2, 0) is 16.0 Å². The Hall–Kier alpha value is -2.83. The Labute approximate surface area is 165 Å². The maximum Gasteiger partial charge on any atom is 0.340 e. The number of carbonyl (C=O) groups excluding carboxylic acids is 2. The number of esters is 1. The molecular weight excluding hydrogens is 386 g/mol. The molecule has 0 atom stereocenters. The number of benzene rings is 2. The minimum Gasteiger partial charge on any atom is -0.465 e. The van der Waals surface area contributed by atoms with E-state index in [-0.39, 0.29) is 17.9 Å². The molecule has 1 amide bonds. The van der Waals surface area contributed by atoms with Gasteiger partial charge in [0.25, 0.3) is 0 Å². The van der Waals surface area contributed by atoms with Crippen molar-refractivity contribution in [3.8, 4) is 11.5 Å². The van der Waals surface area contributed by atoms with E-state index in [4.69, 9.17) is 21.1 Å². The molecule has 1 aromatic heterocycles. The molecule has 0 unspecified atom stereocenters. The Bertz CT molecular complexity index is 956. The Balaban J connectivity index is 1.68. The standard InChI is InChI=1S/C20H16ClNO4S/c1-25-20(24)16-12-17(21)27-19(16)22-18(23)11-13-6-5-9-15(10-13)26-14-7-3-2-4-8-14/h2-10,12H,11H2,1H3,(H,22,23). The molecule has 0 bridgehead atoms. The molecule has 3 rings (SSSR count). The van der Waals surface area contributed by atoms with E-state index in [0.29, 0.717) is 15.1 Å². The van der Waals surface area contributed by atoms with Crippen molar-refractivity contribution in [2.75, 3.05) is 12.4 Å². The number of methoxy groups -OCH3 is 1. The third-order valence-corrected chi connectivity index (χ3v) is 4.78. The molecule has 0 spiro atoms. The molecule has 27 heavy (non-hydrogen) atoms. The maximum absolute atomic E-state index is 12.4. The fraction of sp³-hybridized carbons (Fsp3) is 0.100. The van der Waals surface area contributed by atoms with Gasteiger partial charge in [-0.1, -0.05) is 41.9 Å². The summed E-state index contributed by atoms with van der Waals surface area (Å²) in [6, 6.07) is 18.1. The van der Waals surface area contributed by atoms with E-state index in [1.165, 1.54) is 13.2 Å². The molecule has 3 aromatic rings. The number of anilines is 1. The molecule has 1 heterocycles. The first-order chi connectivity index (χ1) is 13.0. The van der Waals surface area contributed by atoms with Crippen LogP contribution in [0.4, 0.5) is 5.00 Å². The van der Waals surface area contributed by atoms with Crippen LogP contribution < -0.4 is 10.1 Å².